The molecule has 142 valence electrons. The highest BCUT2D eigenvalue weighted by atomic mass is 32.2. The Morgan fingerprint density at radius 3 is 2.62 bits per heavy atom. The van der Waals surface area contributed by atoms with Gasteiger partial charge in [-0.1, -0.05) is 27.2 Å². The Balaban J connectivity index is 2.48. The van der Waals surface area contributed by atoms with Crippen molar-refractivity contribution in [3.8, 4) is 0 Å². The van der Waals surface area contributed by atoms with Gasteiger partial charge in [0.2, 0.25) is 10.0 Å². The first-order chi connectivity index (χ1) is 11.3. The Morgan fingerprint density at radius 2 is 2.08 bits per heavy atom. The largest absolute Gasteiger partial charge is 0.356 e. The number of guanidine groups is 1. The first-order valence-corrected chi connectivity index (χ1v) is 11.0. The minimum Gasteiger partial charge on any atom is -0.356 e. The summed E-state index contributed by atoms with van der Waals surface area (Å²) < 4.78 is 24.7. The molecule has 6 nitrogen and oxygen atoms in total. The molecule has 0 saturated carbocycles. The standard InChI is InChI=1S/C17H36N4O2S/c1-6-10-17(3)11-8-13-20(15-17)16(18-4)19-12-9-14-21(7-2)24(5,22)23/h6-15H2,1-5H3,(H,18,19). The van der Waals surface area contributed by atoms with E-state index in [4.69, 9.17) is 0 Å². The molecule has 1 unspecified atom stereocenters. The van der Waals surface area contributed by atoms with Crippen LogP contribution in [0.15, 0.2) is 4.99 Å². The van der Waals surface area contributed by atoms with Crippen LogP contribution in [-0.4, -0.2) is 69.6 Å². The van der Waals surface area contributed by atoms with Crippen molar-refractivity contribution in [3.05, 3.63) is 0 Å². The molecule has 0 aromatic heterocycles. The third-order valence-electron chi connectivity index (χ3n) is 4.83. The Morgan fingerprint density at radius 1 is 1.38 bits per heavy atom. The summed E-state index contributed by atoms with van der Waals surface area (Å²) in [6, 6.07) is 0. The quantitative estimate of drug-likeness (QED) is 0.409. The van der Waals surface area contributed by atoms with Crippen LogP contribution in [0.1, 0.15) is 52.9 Å². The molecule has 1 fully saturated rings. The second-order valence-electron chi connectivity index (χ2n) is 7.17. The first-order valence-electron chi connectivity index (χ1n) is 9.16. The third kappa shape index (κ3) is 6.59. The molecule has 7 heteroatoms. The molecule has 0 aromatic carbocycles. The molecule has 0 aromatic rings. The molecule has 1 atom stereocenters. The second-order valence-corrected chi connectivity index (χ2v) is 9.15. The van der Waals surface area contributed by atoms with Crippen molar-refractivity contribution < 1.29 is 8.42 Å². The molecule has 0 bridgehead atoms. The minimum atomic E-state index is -3.10. The molecular weight excluding hydrogens is 324 g/mol. The zero-order valence-electron chi connectivity index (χ0n) is 16.1. The number of piperidine rings is 1. The molecule has 0 amide bonds. The first kappa shape index (κ1) is 21.2. The normalized spacial score (nSPS) is 22.9. The molecule has 0 aliphatic carbocycles. The van der Waals surface area contributed by atoms with Gasteiger partial charge in [-0.05, 0) is 31.1 Å². The molecule has 1 aliphatic rings. The molecule has 1 saturated heterocycles. The summed E-state index contributed by atoms with van der Waals surface area (Å²) >= 11 is 0. The van der Waals surface area contributed by atoms with Gasteiger partial charge in [0.1, 0.15) is 0 Å². The topological polar surface area (TPSA) is 65.0 Å². The Labute approximate surface area is 148 Å². The van der Waals surface area contributed by atoms with Crippen molar-refractivity contribution in [3.63, 3.8) is 0 Å². The summed E-state index contributed by atoms with van der Waals surface area (Å²) in [4.78, 5) is 6.78. The van der Waals surface area contributed by atoms with Gasteiger partial charge in [-0.3, -0.25) is 4.99 Å². The van der Waals surface area contributed by atoms with E-state index in [-0.39, 0.29) is 0 Å². The molecule has 0 spiro atoms. The smallest absolute Gasteiger partial charge is 0.211 e. The van der Waals surface area contributed by atoms with Crippen LogP contribution in [0.5, 0.6) is 0 Å². The fraction of sp³-hybridized carbons (Fsp3) is 0.941. The fourth-order valence-corrected chi connectivity index (χ4v) is 4.58. The van der Waals surface area contributed by atoms with Crippen LogP contribution in [0, 0.1) is 5.41 Å². The van der Waals surface area contributed by atoms with Crippen molar-refractivity contribution in [1.82, 2.24) is 14.5 Å². The second kappa shape index (κ2) is 9.61. The lowest BCUT2D eigenvalue weighted by molar-refractivity contribution is 0.142. The maximum Gasteiger partial charge on any atom is 0.211 e. The van der Waals surface area contributed by atoms with Gasteiger partial charge in [0.15, 0.2) is 5.96 Å². The molecule has 1 N–H and O–H groups in total. The number of hydrogen-bond donors (Lipinski definition) is 1. The van der Waals surface area contributed by atoms with E-state index in [0.29, 0.717) is 18.5 Å². The average molecular weight is 361 g/mol. The lowest BCUT2D eigenvalue weighted by Crippen LogP contribution is -2.50. The lowest BCUT2D eigenvalue weighted by Gasteiger charge is -2.42. The predicted molar refractivity (Wildman–Crippen MR) is 102 cm³/mol. The highest BCUT2D eigenvalue weighted by Gasteiger charge is 2.31. The van der Waals surface area contributed by atoms with Crippen molar-refractivity contribution in [2.45, 2.75) is 52.9 Å². The third-order valence-corrected chi connectivity index (χ3v) is 6.21. The zero-order valence-corrected chi connectivity index (χ0v) is 17.0. The highest BCUT2D eigenvalue weighted by molar-refractivity contribution is 7.88. The van der Waals surface area contributed by atoms with Crippen molar-refractivity contribution in [1.29, 1.82) is 0 Å². The summed E-state index contributed by atoms with van der Waals surface area (Å²) in [6.07, 6.45) is 7.00. The van der Waals surface area contributed by atoms with Gasteiger partial charge >= 0.3 is 0 Å². The molecule has 0 radical (unpaired) electrons. The number of rotatable bonds is 8. The van der Waals surface area contributed by atoms with E-state index in [2.05, 4.69) is 29.1 Å². The van der Waals surface area contributed by atoms with E-state index in [1.165, 1.54) is 36.2 Å². The number of sulfonamides is 1. The van der Waals surface area contributed by atoms with Crippen LogP contribution in [0.2, 0.25) is 0 Å². The summed E-state index contributed by atoms with van der Waals surface area (Å²) in [5.41, 5.74) is 0.375. The van der Waals surface area contributed by atoms with Gasteiger partial charge in [-0.2, -0.15) is 0 Å². The molecule has 1 heterocycles. The Kier molecular flexibility index (Phi) is 8.50. The number of nitrogens with one attached hydrogen (secondary N) is 1. The minimum absolute atomic E-state index is 0.375. The van der Waals surface area contributed by atoms with E-state index in [1.807, 2.05) is 14.0 Å². The fourth-order valence-electron chi connectivity index (χ4n) is 3.65. The van der Waals surface area contributed by atoms with Crippen LogP contribution in [-0.2, 0) is 10.0 Å². The van der Waals surface area contributed by atoms with Crippen molar-refractivity contribution in [2.75, 3.05) is 46.0 Å². The van der Waals surface area contributed by atoms with E-state index < -0.39 is 10.0 Å². The zero-order chi connectivity index (χ0) is 18.2. The van der Waals surface area contributed by atoms with E-state index in [1.54, 1.807) is 0 Å². The number of nitrogens with zero attached hydrogens (tertiary/aromatic N) is 3. The summed E-state index contributed by atoms with van der Waals surface area (Å²) in [7, 11) is -1.28. The number of hydrogen-bond acceptors (Lipinski definition) is 3. The van der Waals surface area contributed by atoms with E-state index >= 15 is 0 Å². The summed E-state index contributed by atoms with van der Waals surface area (Å²) in [5, 5.41) is 3.40. The number of likely N-dealkylation sites (tertiary alicyclic amines) is 1. The summed E-state index contributed by atoms with van der Waals surface area (Å²) in [5.74, 6) is 0.944. The van der Waals surface area contributed by atoms with Gasteiger partial charge in [0.25, 0.3) is 0 Å². The molecule has 1 rings (SSSR count). The van der Waals surface area contributed by atoms with Gasteiger partial charge < -0.3 is 10.2 Å². The molecular formula is C17H36N4O2S. The van der Waals surface area contributed by atoms with Crippen LogP contribution < -0.4 is 5.32 Å². The van der Waals surface area contributed by atoms with E-state index in [0.717, 1.165) is 32.0 Å². The maximum absolute atomic E-state index is 11.6. The van der Waals surface area contributed by atoms with Crippen LogP contribution >= 0.6 is 0 Å². The predicted octanol–water partition coefficient (Wildman–Crippen LogP) is 2.14. The van der Waals surface area contributed by atoms with Crippen LogP contribution in [0.25, 0.3) is 0 Å². The van der Waals surface area contributed by atoms with Crippen molar-refractivity contribution in [2.24, 2.45) is 10.4 Å². The van der Waals surface area contributed by atoms with Crippen LogP contribution in [0.4, 0.5) is 0 Å². The summed E-state index contributed by atoms with van der Waals surface area (Å²) in [6.45, 7) is 10.4. The lowest BCUT2D eigenvalue weighted by atomic mass is 9.78. The van der Waals surface area contributed by atoms with E-state index in [9.17, 15) is 8.42 Å². The monoisotopic (exact) mass is 360 g/mol. The molecule has 1 aliphatic heterocycles. The highest BCUT2D eigenvalue weighted by Crippen LogP contribution is 2.33. The van der Waals surface area contributed by atoms with Gasteiger partial charge in [0.05, 0.1) is 6.26 Å². The van der Waals surface area contributed by atoms with Gasteiger partial charge in [-0.25, -0.2) is 12.7 Å². The van der Waals surface area contributed by atoms with Crippen LogP contribution in [0.3, 0.4) is 0 Å². The van der Waals surface area contributed by atoms with Gasteiger partial charge in [0, 0.05) is 39.8 Å². The SMILES string of the molecule is CCCC1(C)CCCN(C(=NC)NCCCN(CC)S(C)(=O)=O)C1. The van der Waals surface area contributed by atoms with Gasteiger partial charge in [-0.15, -0.1) is 0 Å². The molecule has 24 heavy (non-hydrogen) atoms. The maximum atomic E-state index is 11.6. The average Bonchev–Trinajstić information content (AvgIpc) is 2.49. The number of aliphatic imine (C=N–C) groups is 1. The Hall–Kier alpha value is -0.820. The Bertz CT molecular complexity index is 503. The van der Waals surface area contributed by atoms with Crippen molar-refractivity contribution >= 4 is 16.0 Å².